The topological polar surface area (TPSA) is 62.2 Å². The molecule has 140 valence electrons. The fraction of sp³-hybridized carbons (Fsp3) is 0.455. The number of carboxylic acid groups (broad SMARTS) is 1. The molecule has 0 saturated heterocycles. The van der Waals surface area contributed by atoms with E-state index in [9.17, 15) is 9.90 Å². The molecule has 0 amide bonds. The van der Waals surface area contributed by atoms with Gasteiger partial charge in [0.15, 0.2) is 0 Å². The number of aromatic carboxylic acids is 1. The van der Waals surface area contributed by atoms with Gasteiger partial charge in [0.25, 0.3) is 0 Å². The summed E-state index contributed by atoms with van der Waals surface area (Å²) in [4.78, 5) is 15.6. The minimum absolute atomic E-state index is 0.138. The van der Waals surface area contributed by atoms with Crippen LogP contribution in [0.5, 0.6) is 0 Å². The predicted octanol–water partition coefficient (Wildman–Crippen LogP) is 5.64. The molecule has 5 heteroatoms. The molecule has 4 fully saturated rings. The molecular formula is C22H23ClN2O2. The van der Waals surface area contributed by atoms with Crippen molar-refractivity contribution in [2.45, 2.75) is 43.9 Å². The lowest BCUT2D eigenvalue weighted by atomic mass is 9.48. The molecule has 4 saturated carbocycles. The lowest BCUT2D eigenvalue weighted by molar-refractivity contribution is -0.00517. The summed E-state index contributed by atoms with van der Waals surface area (Å²) in [7, 11) is 0. The number of anilines is 2. The molecule has 6 rings (SSSR count). The first kappa shape index (κ1) is 17.1. The third-order valence-corrected chi connectivity index (χ3v) is 7.22. The van der Waals surface area contributed by atoms with E-state index in [0.717, 1.165) is 17.8 Å². The first-order valence-corrected chi connectivity index (χ1v) is 10.2. The van der Waals surface area contributed by atoms with Crippen LogP contribution in [0.15, 0.2) is 36.5 Å². The lowest BCUT2D eigenvalue weighted by Gasteiger charge is -2.57. The molecule has 1 heterocycles. The van der Waals surface area contributed by atoms with Crippen LogP contribution < -0.4 is 5.32 Å². The second-order valence-corrected chi connectivity index (χ2v) is 9.13. The van der Waals surface area contributed by atoms with Crippen molar-refractivity contribution in [2.24, 2.45) is 17.8 Å². The van der Waals surface area contributed by atoms with Crippen molar-refractivity contribution < 1.29 is 9.90 Å². The van der Waals surface area contributed by atoms with E-state index in [1.807, 2.05) is 6.07 Å². The van der Waals surface area contributed by atoms with Crippen molar-refractivity contribution >= 4 is 29.1 Å². The maximum Gasteiger partial charge on any atom is 0.339 e. The SMILES string of the molecule is O=C(O)c1cccnc1Nc1ccc(C23CC4CC(CC(C4)C2)C3)cc1Cl. The van der Waals surface area contributed by atoms with E-state index < -0.39 is 5.97 Å². The van der Waals surface area contributed by atoms with Crippen molar-refractivity contribution in [3.63, 3.8) is 0 Å². The molecule has 4 aliphatic rings. The van der Waals surface area contributed by atoms with Crippen molar-refractivity contribution in [3.8, 4) is 0 Å². The summed E-state index contributed by atoms with van der Waals surface area (Å²) in [5.41, 5.74) is 2.50. The Bertz CT molecular complexity index is 876. The average molecular weight is 383 g/mol. The lowest BCUT2D eigenvalue weighted by Crippen LogP contribution is -2.48. The average Bonchev–Trinajstić information content (AvgIpc) is 2.62. The molecule has 0 aliphatic heterocycles. The van der Waals surface area contributed by atoms with Crippen LogP contribution in [0.4, 0.5) is 11.5 Å². The van der Waals surface area contributed by atoms with Gasteiger partial charge in [-0.1, -0.05) is 17.7 Å². The second kappa shape index (κ2) is 6.23. The second-order valence-electron chi connectivity index (χ2n) is 8.72. The van der Waals surface area contributed by atoms with E-state index in [2.05, 4.69) is 22.4 Å². The monoisotopic (exact) mass is 382 g/mol. The summed E-state index contributed by atoms with van der Waals surface area (Å²) in [6.45, 7) is 0. The number of hydrogen-bond donors (Lipinski definition) is 2. The van der Waals surface area contributed by atoms with E-state index in [-0.39, 0.29) is 5.56 Å². The number of aromatic nitrogens is 1. The number of rotatable bonds is 4. The number of pyridine rings is 1. The largest absolute Gasteiger partial charge is 0.478 e. The van der Waals surface area contributed by atoms with Crippen LogP contribution in [0.2, 0.25) is 5.02 Å². The summed E-state index contributed by atoms with van der Waals surface area (Å²) >= 11 is 6.61. The molecule has 0 atom stereocenters. The normalized spacial score (nSPS) is 31.1. The van der Waals surface area contributed by atoms with Gasteiger partial charge in [-0.15, -0.1) is 0 Å². The highest BCUT2D eigenvalue weighted by atomic mass is 35.5. The predicted molar refractivity (Wildman–Crippen MR) is 106 cm³/mol. The van der Waals surface area contributed by atoms with Gasteiger partial charge in [-0.05, 0) is 91.5 Å². The standard InChI is InChI=1S/C22H23ClN2O2/c23-18-9-16(22-10-13-6-14(11-22)8-15(7-13)12-22)3-4-19(18)25-20-17(21(26)27)2-1-5-24-20/h1-5,9,13-15H,6-8,10-12H2,(H,24,25)(H,26,27). The fourth-order valence-electron chi connectivity index (χ4n) is 6.22. The number of nitrogens with one attached hydrogen (secondary N) is 1. The molecule has 1 aromatic heterocycles. The van der Waals surface area contributed by atoms with Crippen molar-refractivity contribution in [1.82, 2.24) is 4.98 Å². The highest BCUT2D eigenvalue weighted by Gasteiger charge is 2.51. The van der Waals surface area contributed by atoms with Gasteiger partial charge in [0.2, 0.25) is 0 Å². The number of benzene rings is 1. The van der Waals surface area contributed by atoms with Crippen molar-refractivity contribution in [2.75, 3.05) is 5.32 Å². The molecule has 0 unspecified atom stereocenters. The summed E-state index contributed by atoms with van der Waals surface area (Å²) in [6.07, 6.45) is 9.73. The summed E-state index contributed by atoms with van der Waals surface area (Å²) in [5, 5.41) is 13.1. The Morgan fingerprint density at radius 1 is 1.11 bits per heavy atom. The zero-order valence-corrected chi connectivity index (χ0v) is 15.9. The van der Waals surface area contributed by atoms with Crippen LogP contribution in [0.1, 0.15) is 54.4 Å². The van der Waals surface area contributed by atoms with Gasteiger partial charge in [-0.3, -0.25) is 0 Å². The molecule has 4 bridgehead atoms. The van der Waals surface area contributed by atoms with Crippen LogP contribution in [-0.4, -0.2) is 16.1 Å². The number of hydrogen-bond acceptors (Lipinski definition) is 3. The van der Waals surface area contributed by atoms with Gasteiger partial charge < -0.3 is 10.4 Å². The Morgan fingerprint density at radius 2 is 1.78 bits per heavy atom. The summed E-state index contributed by atoms with van der Waals surface area (Å²) in [6, 6.07) is 9.42. The molecule has 0 spiro atoms. The number of nitrogens with zero attached hydrogens (tertiary/aromatic N) is 1. The van der Waals surface area contributed by atoms with Gasteiger partial charge in [0, 0.05) is 6.20 Å². The molecule has 27 heavy (non-hydrogen) atoms. The van der Waals surface area contributed by atoms with Crippen LogP contribution in [0, 0.1) is 17.8 Å². The third kappa shape index (κ3) is 2.91. The molecule has 4 nitrogen and oxygen atoms in total. The van der Waals surface area contributed by atoms with Crippen LogP contribution >= 0.6 is 11.6 Å². The van der Waals surface area contributed by atoms with Gasteiger partial charge in [-0.25, -0.2) is 9.78 Å². The van der Waals surface area contributed by atoms with E-state index in [0.29, 0.717) is 21.9 Å². The van der Waals surface area contributed by atoms with E-state index in [1.165, 1.54) is 50.2 Å². The first-order chi connectivity index (χ1) is 13.0. The van der Waals surface area contributed by atoms with Crippen LogP contribution in [-0.2, 0) is 5.41 Å². The molecule has 2 aromatic rings. The van der Waals surface area contributed by atoms with E-state index in [1.54, 1.807) is 12.3 Å². The maximum absolute atomic E-state index is 11.4. The summed E-state index contributed by atoms with van der Waals surface area (Å²) in [5.74, 6) is 1.97. The Hall–Kier alpha value is -2.07. The van der Waals surface area contributed by atoms with E-state index >= 15 is 0 Å². The van der Waals surface area contributed by atoms with Crippen molar-refractivity contribution in [1.29, 1.82) is 0 Å². The molecule has 4 aliphatic carbocycles. The zero-order chi connectivity index (χ0) is 18.6. The molecule has 0 radical (unpaired) electrons. The molecule has 1 aromatic carbocycles. The smallest absolute Gasteiger partial charge is 0.339 e. The van der Waals surface area contributed by atoms with Gasteiger partial charge in [-0.2, -0.15) is 0 Å². The fourth-order valence-corrected chi connectivity index (χ4v) is 6.44. The molecule has 2 N–H and O–H groups in total. The maximum atomic E-state index is 11.4. The zero-order valence-electron chi connectivity index (χ0n) is 15.1. The van der Waals surface area contributed by atoms with Gasteiger partial charge in [0.1, 0.15) is 11.4 Å². The van der Waals surface area contributed by atoms with Gasteiger partial charge in [0.05, 0.1) is 10.7 Å². The highest BCUT2D eigenvalue weighted by molar-refractivity contribution is 6.33. The minimum Gasteiger partial charge on any atom is -0.478 e. The highest BCUT2D eigenvalue weighted by Crippen LogP contribution is 2.61. The van der Waals surface area contributed by atoms with Crippen molar-refractivity contribution in [3.05, 3.63) is 52.7 Å². The van der Waals surface area contributed by atoms with Gasteiger partial charge >= 0.3 is 5.97 Å². The quantitative estimate of drug-likeness (QED) is 0.717. The molecular weight excluding hydrogens is 360 g/mol. The van der Waals surface area contributed by atoms with Crippen LogP contribution in [0.25, 0.3) is 0 Å². The Morgan fingerprint density at radius 3 is 2.37 bits per heavy atom. The number of carbonyl (C=O) groups is 1. The Kier molecular flexibility index (Phi) is 3.94. The van der Waals surface area contributed by atoms with Crippen LogP contribution in [0.3, 0.4) is 0 Å². The van der Waals surface area contributed by atoms with E-state index in [4.69, 9.17) is 11.6 Å². The first-order valence-electron chi connectivity index (χ1n) is 9.78. The number of carboxylic acids is 1. The summed E-state index contributed by atoms with van der Waals surface area (Å²) < 4.78 is 0. The minimum atomic E-state index is -1.01. The number of halogens is 1. The third-order valence-electron chi connectivity index (χ3n) is 6.91. The Balaban J connectivity index is 1.44. The Labute approximate surface area is 164 Å².